The van der Waals surface area contributed by atoms with Crippen molar-refractivity contribution < 1.29 is 5.11 Å². The Morgan fingerprint density at radius 3 is 2.73 bits per heavy atom. The largest absolute Gasteiger partial charge is 0.396 e. The number of hydrogen-bond donors (Lipinski definition) is 1. The second-order valence-electron chi connectivity index (χ2n) is 3.56. The van der Waals surface area contributed by atoms with Crippen LogP contribution in [0.1, 0.15) is 20.3 Å². The summed E-state index contributed by atoms with van der Waals surface area (Å²) in [5.41, 5.74) is 0. The molecule has 5 heteroatoms. The van der Waals surface area contributed by atoms with E-state index in [-0.39, 0.29) is 6.61 Å². The molecule has 0 aliphatic heterocycles. The molecule has 0 spiro atoms. The van der Waals surface area contributed by atoms with E-state index in [1.807, 2.05) is 0 Å². The quantitative estimate of drug-likeness (QED) is 0.782. The van der Waals surface area contributed by atoms with E-state index in [1.54, 1.807) is 6.07 Å². The zero-order chi connectivity index (χ0) is 11.3. The molecule has 0 fully saturated rings. The normalized spacial score (nSPS) is 10.7. The summed E-state index contributed by atoms with van der Waals surface area (Å²) in [5.74, 6) is 0.804. The highest BCUT2D eigenvalue weighted by molar-refractivity contribution is 6.29. The van der Waals surface area contributed by atoms with Gasteiger partial charge in [0, 0.05) is 25.3 Å². The Labute approximate surface area is 94.9 Å². The number of rotatable bonds is 5. The van der Waals surface area contributed by atoms with E-state index in [0.29, 0.717) is 11.2 Å². The van der Waals surface area contributed by atoms with Crippen LogP contribution >= 0.6 is 11.6 Å². The summed E-state index contributed by atoms with van der Waals surface area (Å²) in [5, 5.41) is 9.25. The second kappa shape index (κ2) is 5.88. The van der Waals surface area contributed by atoms with E-state index in [2.05, 4.69) is 28.7 Å². The Morgan fingerprint density at radius 2 is 2.20 bits per heavy atom. The third-order valence-corrected chi connectivity index (χ3v) is 2.30. The lowest BCUT2D eigenvalue weighted by Crippen LogP contribution is -2.32. The van der Waals surface area contributed by atoms with Crippen LogP contribution in [-0.4, -0.2) is 34.3 Å². The van der Waals surface area contributed by atoms with Gasteiger partial charge >= 0.3 is 0 Å². The molecule has 0 aliphatic carbocycles. The molecule has 0 aromatic carbocycles. The van der Waals surface area contributed by atoms with Gasteiger partial charge in [0.15, 0.2) is 0 Å². The lowest BCUT2D eigenvalue weighted by Gasteiger charge is -2.27. The molecule has 1 N–H and O–H groups in total. The van der Waals surface area contributed by atoms with Crippen molar-refractivity contribution in [2.75, 3.05) is 18.1 Å². The maximum absolute atomic E-state index is 8.81. The fourth-order valence-corrected chi connectivity index (χ4v) is 1.50. The fourth-order valence-electron chi connectivity index (χ4n) is 1.36. The van der Waals surface area contributed by atoms with Gasteiger partial charge in [-0.3, -0.25) is 0 Å². The summed E-state index contributed by atoms with van der Waals surface area (Å²) in [7, 11) is 0. The summed E-state index contributed by atoms with van der Waals surface area (Å²) in [6, 6.07) is 2.06. The number of hydrogen-bond acceptors (Lipinski definition) is 4. The molecule has 0 saturated heterocycles. The van der Waals surface area contributed by atoms with Crippen molar-refractivity contribution >= 4 is 17.4 Å². The van der Waals surface area contributed by atoms with Crippen molar-refractivity contribution in [3.05, 3.63) is 17.5 Å². The zero-order valence-electron chi connectivity index (χ0n) is 9.02. The fraction of sp³-hybridized carbons (Fsp3) is 0.600. The Hall–Kier alpha value is -0.870. The molecule has 84 valence electrons. The van der Waals surface area contributed by atoms with Crippen LogP contribution in [0.4, 0.5) is 5.82 Å². The average molecular weight is 230 g/mol. The second-order valence-corrected chi connectivity index (χ2v) is 3.95. The van der Waals surface area contributed by atoms with Gasteiger partial charge in [0.2, 0.25) is 0 Å². The molecular weight excluding hydrogens is 214 g/mol. The summed E-state index contributed by atoms with van der Waals surface area (Å²) in [4.78, 5) is 10.1. The molecule has 1 heterocycles. The molecule has 4 nitrogen and oxygen atoms in total. The number of halogens is 1. The minimum absolute atomic E-state index is 0.183. The maximum Gasteiger partial charge on any atom is 0.134 e. The standard InChI is InChI=1S/C10H16ClN3O/c1-8(2)14(4-3-5-15)10-6-9(11)12-7-13-10/h6-8,15H,3-5H2,1-2H3. The average Bonchev–Trinajstić information content (AvgIpc) is 2.18. The smallest absolute Gasteiger partial charge is 0.134 e. The molecule has 1 aromatic rings. The van der Waals surface area contributed by atoms with Gasteiger partial charge in [-0.25, -0.2) is 9.97 Å². The molecule has 0 radical (unpaired) electrons. The highest BCUT2D eigenvalue weighted by Crippen LogP contribution is 2.16. The Morgan fingerprint density at radius 1 is 1.47 bits per heavy atom. The molecule has 1 rings (SSSR count). The number of anilines is 1. The minimum Gasteiger partial charge on any atom is -0.396 e. The number of aliphatic hydroxyl groups is 1. The molecule has 0 saturated carbocycles. The van der Waals surface area contributed by atoms with Gasteiger partial charge in [0.05, 0.1) is 0 Å². The highest BCUT2D eigenvalue weighted by atomic mass is 35.5. The molecule has 0 unspecified atom stereocenters. The number of aliphatic hydroxyl groups excluding tert-OH is 1. The molecule has 15 heavy (non-hydrogen) atoms. The first-order valence-corrected chi connectivity index (χ1v) is 5.38. The van der Waals surface area contributed by atoms with Gasteiger partial charge in [-0.2, -0.15) is 0 Å². The van der Waals surface area contributed by atoms with Crippen molar-refractivity contribution in [1.82, 2.24) is 9.97 Å². The Kier molecular flexibility index (Phi) is 4.78. The van der Waals surface area contributed by atoms with Crippen LogP contribution in [-0.2, 0) is 0 Å². The predicted octanol–water partition coefficient (Wildman–Crippen LogP) is 1.73. The van der Waals surface area contributed by atoms with Crippen molar-refractivity contribution in [2.45, 2.75) is 26.3 Å². The van der Waals surface area contributed by atoms with E-state index >= 15 is 0 Å². The van der Waals surface area contributed by atoms with E-state index in [0.717, 1.165) is 18.8 Å². The third kappa shape index (κ3) is 3.64. The van der Waals surface area contributed by atoms with Gasteiger partial charge in [0.25, 0.3) is 0 Å². The van der Waals surface area contributed by atoms with Gasteiger partial charge in [0.1, 0.15) is 17.3 Å². The lowest BCUT2D eigenvalue weighted by atomic mass is 10.3. The SMILES string of the molecule is CC(C)N(CCCO)c1cc(Cl)ncn1. The molecule has 0 atom stereocenters. The summed E-state index contributed by atoms with van der Waals surface area (Å²) in [6.45, 7) is 5.10. The van der Waals surface area contributed by atoms with Crippen LogP contribution in [0.2, 0.25) is 5.15 Å². The van der Waals surface area contributed by atoms with Gasteiger partial charge in [-0.15, -0.1) is 0 Å². The van der Waals surface area contributed by atoms with Crippen LogP contribution in [0.25, 0.3) is 0 Å². The third-order valence-electron chi connectivity index (χ3n) is 2.09. The lowest BCUT2D eigenvalue weighted by molar-refractivity contribution is 0.288. The first-order chi connectivity index (χ1) is 7.15. The first-order valence-electron chi connectivity index (χ1n) is 5.00. The van der Waals surface area contributed by atoms with Gasteiger partial charge < -0.3 is 10.0 Å². The monoisotopic (exact) mass is 229 g/mol. The highest BCUT2D eigenvalue weighted by Gasteiger charge is 2.11. The van der Waals surface area contributed by atoms with Gasteiger partial charge in [-0.05, 0) is 20.3 Å². The van der Waals surface area contributed by atoms with Crippen LogP contribution in [0.15, 0.2) is 12.4 Å². The van der Waals surface area contributed by atoms with Crippen molar-refractivity contribution in [3.8, 4) is 0 Å². The number of nitrogens with zero attached hydrogens (tertiary/aromatic N) is 3. The molecular formula is C10H16ClN3O. The van der Waals surface area contributed by atoms with E-state index < -0.39 is 0 Å². The van der Waals surface area contributed by atoms with Crippen LogP contribution in [0, 0.1) is 0 Å². The molecule has 1 aromatic heterocycles. The Bertz CT molecular complexity index is 306. The summed E-state index contributed by atoms with van der Waals surface area (Å²) < 4.78 is 0. The van der Waals surface area contributed by atoms with E-state index in [9.17, 15) is 0 Å². The molecule has 0 amide bonds. The summed E-state index contributed by atoms with van der Waals surface area (Å²) in [6.07, 6.45) is 2.17. The van der Waals surface area contributed by atoms with Crippen LogP contribution < -0.4 is 4.90 Å². The predicted molar refractivity (Wildman–Crippen MR) is 61.2 cm³/mol. The van der Waals surface area contributed by atoms with Crippen molar-refractivity contribution in [1.29, 1.82) is 0 Å². The number of aromatic nitrogens is 2. The first kappa shape index (κ1) is 12.2. The van der Waals surface area contributed by atoms with E-state index in [4.69, 9.17) is 16.7 Å². The Balaban J connectivity index is 2.79. The molecule has 0 aliphatic rings. The van der Waals surface area contributed by atoms with Crippen LogP contribution in [0.3, 0.4) is 0 Å². The van der Waals surface area contributed by atoms with Crippen molar-refractivity contribution in [2.24, 2.45) is 0 Å². The van der Waals surface area contributed by atoms with Crippen molar-refractivity contribution in [3.63, 3.8) is 0 Å². The summed E-state index contributed by atoms with van der Waals surface area (Å²) >= 11 is 5.80. The molecule has 0 bridgehead atoms. The van der Waals surface area contributed by atoms with Crippen LogP contribution in [0.5, 0.6) is 0 Å². The topological polar surface area (TPSA) is 49.2 Å². The van der Waals surface area contributed by atoms with Gasteiger partial charge in [-0.1, -0.05) is 11.6 Å². The maximum atomic E-state index is 8.81. The van der Waals surface area contributed by atoms with E-state index in [1.165, 1.54) is 6.33 Å². The minimum atomic E-state index is 0.183. The zero-order valence-corrected chi connectivity index (χ0v) is 9.78.